The Morgan fingerprint density at radius 3 is 2.19 bits per heavy atom. The van der Waals surface area contributed by atoms with Gasteiger partial charge in [0.15, 0.2) is 0 Å². The first-order valence-corrected chi connectivity index (χ1v) is 25.5. The van der Waals surface area contributed by atoms with E-state index in [4.69, 9.17) is 16.2 Å². The van der Waals surface area contributed by atoms with Crippen molar-refractivity contribution in [3.63, 3.8) is 0 Å². The van der Waals surface area contributed by atoms with E-state index in [2.05, 4.69) is 80.6 Å². The van der Waals surface area contributed by atoms with E-state index in [9.17, 15) is 9.59 Å². The lowest BCUT2D eigenvalue weighted by Gasteiger charge is -2.58. The zero-order valence-electron chi connectivity index (χ0n) is 40.4. The molecular formula is C52H96N4O3. The third-order valence-electron chi connectivity index (χ3n) is 18.2. The Bertz CT molecular complexity index is 1320. The molecule has 4 aliphatic rings. The molecule has 0 aromatic heterocycles. The summed E-state index contributed by atoms with van der Waals surface area (Å²) in [5.41, 5.74) is 15.1. The molecule has 5 N–H and O–H groups in total. The Balaban J connectivity index is 1.24. The first kappa shape index (κ1) is 50.2. The Morgan fingerprint density at radius 2 is 1.53 bits per heavy atom. The molecule has 7 heteroatoms. The van der Waals surface area contributed by atoms with Crippen LogP contribution in [0.25, 0.3) is 0 Å². The van der Waals surface area contributed by atoms with E-state index < -0.39 is 0 Å². The maximum atomic E-state index is 13.6. The molecule has 342 valence electrons. The van der Waals surface area contributed by atoms with Gasteiger partial charge >= 0.3 is 5.97 Å². The predicted molar refractivity (Wildman–Crippen MR) is 249 cm³/mol. The number of allylic oxidation sites excluding steroid dienone is 1. The minimum absolute atomic E-state index is 0.0338. The molecule has 0 aliphatic heterocycles. The molecule has 59 heavy (non-hydrogen) atoms. The Kier molecular flexibility index (Phi) is 19.4. The highest BCUT2D eigenvalue weighted by Crippen LogP contribution is 2.67. The van der Waals surface area contributed by atoms with Crippen molar-refractivity contribution in [1.29, 1.82) is 0 Å². The van der Waals surface area contributed by atoms with Gasteiger partial charge in [0.2, 0.25) is 5.91 Å². The maximum absolute atomic E-state index is 13.6. The molecule has 0 saturated heterocycles. The van der Waals surface area contributed by atoms with Crippen LogP contribution >= 0.6 is 0 Å². The molecule has 0 aromatic carbocycles. The van der Waals surface area contributed by atoms with Crippen molar-refractivity contribution in [3.8, 4) is 0 Å². The van der Waals surface area contributed by atoms with Crippen molar-refractivity contribution in [2.45, 2.75) is 228 Å². The predicted octanol–water partition coefficient (Wildman–Crippen LogP) is 11.8. The zero-order valence-corrected chi connectivity index (χ0v) is 40.4. The summed E-state index contributed by atoms with van der Waals surface area (Å²) in [6, 6.07) is 0. The average molecular weight is 825 g/mol. The molecule has 0 heterocycles. The monoisotopic (exact) mass is 825 g/mol. The molecule has 7 unspecified atom stereocenters. The number of hydrogen-bond donors (Lipinski definition) is 3. The van der Waals surface area contributed by atoms with Gasteiger partial charge in [0.1, 0.15) is 6.10 Å². The number of nitrogens with zero attached hydrogens (tertiary/aromatic N) is 1. The van der Waals surface area contributed by atoms with Crippen molar-refractivity contribution in [3.05, 3.63) is 11.6 Å². The fourth-order valence-electron chi connectivity index (χ4n) is 13.1. The van der Waals surface area contributed by atoms with Crippen LogP contribution in [0.1, 0.15) is 210 Å². The van der Waals surface area contributed by atoms with Crippen molar-refractivity contribution in [1.82, 2.24) is 10.2 Å². The standard InChI is InChI=1S/C52H96N4O3/c1-11-40(38(6)7)22-21-39(8)44-25-26-45-43-24-23-41-37-42(27-29-49(41,9)46(43)28-30-50(44,45)10)59-48(58)20-18-19-47(57)56(36-32-52(54,14-4)15-5)35-17-16-33-55-34-31-51(53,12-2)13-3/h23,38-40,42-46,55H,11-22,24-37,53-54H2,1-10H3/t39-,40-,42?,43?,44?,45?,46?,49?,50?/m1/s1. The number of carbonyl (C=O) groups excluding carboxylic acids is 2. The van der Waals surface area contributed by atoms with Gasteiger partial charge in [-0.25, -0.2) is 0 Å². The minimum atomic E-state index is -0.247. The number of rotatable bonds is 26. The topological polar surface area (TPSA) is 111 Å². The van der Waals surface area contributed by atoms with Crippen LogP contribution in [0.3, 0.4) is 0 Å². The normalized spacial score (nSPS) is 29.3. The first-order chi connectivity index (χ1) is 28.0. The number of esters is 1. The lowest BCUT2D eigenvalue weighted by atomic mass is 9.47. The number of amides is 1. The van der Waals surface area contributed by atoms with Crippen LogP contribution in [-0.4, -0.2) is 60.1 Å². The van der Waals surface area contributed by atoms with E-state index in [1.165, 1.54) is 51.4 Å². The lowest BCUT2D eigenvalue weighted by molar-refractivity contribution is -0.151. The van der Waals surface area contributed by atoms with E-state index in [0.29, 0.717) is 31.2 Å². The molecule has 0 bridgehead atoms. The molecule has 9 atom stereocenters. The summed E-state index contributed by atoms with van der Waals surface area (Å²) in [5.74, 6) is 5.78. The summed E-state index contributed by atoms with van der Waals surface area (Å²) >= 11 is 0. The first-order valence-electron chi connectivity index (χ1n) is 25.5. The van der Waals surface area contributed by atoms with Crippen LogP contribution in [0.5, 0.6) is 0 Å². The van der Waals surface area contributed by atoms with E-state index in [1.54, 1.807) is 5.57 Å². The summed E-state index contributed by atoms with van der Waals surface area (Å²) in [5, 5.41) is 3.56. The van der Waals surface area contributed by atoms with Crippen LogP contribution in [0.4, 0.5) is 0 Å². The molecule has 7 nitrogen and oxygen atoms in total. The largest absolute Gasteiger partial charge is 0.462 e. The number of hydrogen-bond acceptors (Lipinski definition) is 6. The molecule has 4 aliphatic carbocycles. The second kappa shape index (κ2) is 22.8. The molecule has 0 aromatic rings. The molecule has 3 fully saturated rings. The number of unbranched alkanes of at least 4 members (excludes halogenated alkanes) is 1. The summed E-state index contributed by atoms with van der Waals surface area (Å²) in [4.78, 5) is 28.8. The van der Waals surface area contributed by atoms with E-state index in [-0.39, 0.29) is 34.5 Å². The SMILES string of the molecule is CC[C@H](CC[C@@H](C)C1CCC2C3CC=C4CC(OC(=O)CCCC(=O)N(CCCCNCCC(N)(CC)CC)CCC(N)(CC)CC)CCC4(C)C3CCC21C)C(C)C. The van der Waals surface area contributed by atoms with Crippen molar-refractivity contribution >= 4 is 11.9 Å². The highest BCUT2D eigenvalue weighted by atomic mass is 16.5. The zero-order chi connectivity index (χ0) is 43.4. The maximum Gasteiger partial charge on any atom is 0.306 e. The van der Waals surface area contributed by atoms with Gasteiger partial charge in [-0.05, 0) is 174 Å². The van der Waals surface area contributed by atoms with Gasteiger partial charge in [0.05, 0.1) is 0 Å². The van der Waals surface area contributed by atoms with Crippen LogP contribution in [0.2, 0.25) is 0 Å². The highest BCUT2D eigenvalue weighted by Gasteiger charge is 2.59. The van der Waals surface area contributed by atoms with Crippen LogP contribution in [0, 0.1) is 52.3 Å². The van der Waals surface area contributed by atoms with Gasteiger partial charge in [0, 0.05) is 43.4 Å². The van der Waals surface area contributed by atoms with E-state index in [0.717, 1.165) is 132 Å². The highest BCUT2D eigenvalue weighted by molar-refractivity contribution is 5.77. The molecule has 4 rings (SSSR count). The fourth-order valence-corrected chi connectivity index (χ4v) is 13.1. The van der Waals surface area contributed by atoms with Crippen molar-refractivity contribution in [2.75, 3.05) is 26.2 Å². The third kappa shape index (κ3) is 12.8. The third-order valence-corrected chi connectivity index (χ3v) is 18.2. The van der Waals surface area contributed by atoms with Crippen LogP contribution in [0.15, 0.2) is 11.6 Å². The van der Waals surface area contributed by atoms with Gasteiger partial charge in [-0.1, -0.05) is 93.7 Å². The fraction of sp³-hybridized carbons (Fsp3) is 0.923. The summed E-state index contributed by atoms with van der Waals surface area (Å²) < 4.78 is 6.18. The number of carbonyl (C=O) groups is 2. The Morgan fingerprint density at radius 1 is 0.831 bits per heavy atom. The lowest BCUT2D eigenvalue weighted by Crippen LogP contribution is -2.51. The number of fused-ring (bicyclic) bond motifs is 5. The Hall–Kier alpha value is -1.44. The summed E-state index contributed by atoms with van der Waals surface area (Å²) in [6.45, 7) is 26.9. The van der Waals surface area contributed by atoms with Gasteiger partial charge in [-0.15, -0.1) is 0 Å². The summed E-state index contributed by atoms with van der Waals surface area (Å²) in [7, 11) is 0. The van der Waals surface area contributed by atoms with E-state index >= 15 is 0 Å². The molecule has 0 radical (unpaired) electrons. The van der Waals surface area contributed by atoms with Gasteiger partial charge in [-0.2, -0.15) is 0 Å². The van der Waals surface area contributed by atoms with Crippen molar-refractivity contribution < 1.29 is 14.3 Å². The van der Waals surface area contributed by atoms with Gasteiger partial charge in [0.25, 0.3) is 0 Å². The Labute approximate surface area is 364 Å². The van der Waals surface area contributed by atoms with Crippen LogP contribution in [-0.2, 0) is 14.3 Å². The van der Waals surface area contributed by atoms with Gasteiger partial charge in [-0.3, -0.25) is 9.59 Å². The molecule has 3 saturated carbocycles. The number of nitrogens with two attached hydrogens (primary N) is 2. The van der Waals surface area contributed by atoms with Crippen molar-refractivity contribution in [2.24, 2.45) is 63.7 Å². The number of ether oxygens (including phenoxy) is 1. The number of nitrogens with one attached hydrogen (secondary N) is 1. The quantitative estimate of drug-likeness (QED) is 0.0455. The average Bonchev–Trinajstić information content (AvgIpc) is 3.58. The molecule has 1 amide bonds. The van der Waals surface area contributed by atoms with Crippen LogP contribution < -0.4 is 16.8 Å². The second-order valence-electron chi connectivity index (χ2n) is 21.6. The van der Waals surface area contributed by atoms with E-state index in [1.807, 2.05) is 4.90 Å². The summed E-state index contributed by atoms with van der Waals surface area (Å²) in [6.07, 6.45) is 25.2. The minimum Gasteiger partial charge on any atom is -0.462 e. The smallest absolute Gasteiger partial charge is 0.306 e. The molecule has 0 spiro atoms. The van der Waals surface area contributed by atoms with Gasteiger partial charge < -0.3 is 26.4 Å². The second-order valence-corrected chi connectivity index (χ2v) is 21.6. The molecular weight excluding hydrogens is 729 g/mol.